The molecular weight excluding hydrogens is 244 g/mol. The molecule has 0 aromatic carbocycles. The van der Waals surface area contributed by atoms with Crippen LogP contribution in [0.2, 0.25) is 0 Å². The average molecular weight is 283 g/mol. The predicted octanol–water partition coefficient (Wildman–Crippen LogP) is 4.40. The molecule has 1 aliphatic heterocycles. The van der Waals surface area contributed by atoms with Crippen LogP contribution < -0.4 is 0 Å². The third-order valence-corrected chi connectivity index (χ3v) is 4.63. The van der Waals surface area contributed by atoms with Gasteiger partial charge < -0.3 is 9.80 Å². The van der Waals surface area contributed by atoms with E-state index in [0.29, 0.717) is 0 Å². The van der Waals surface area contributed by atoms with Gasteiger partial charge in [0.15, 0.2) is 0 Å². The van der Waals surface area contributed by atoms with Crippen molar-refractivity contribution in [2.75, 3.05) is 39.3 Å². The quantitative estimate of drug-likeness (QED) is 0.518. The molecule has 0 aliphatic carbocycles. The Morgan fingerprint density at radius 2 is 1.50 bits per heavy atom. The normalized spacial score (nSPS) is 18.0. The van der Waals surface area contributed by atoms with Gasteiger partial charge in [-0.15, -0.1) is 0 Å². The van der Waals surface area contributed by atoms with Gasteiger partial charge in [0.1, 0.15) is 0 Å². The number of likely N-dealkylation sites (tertiary alicyclic amines) is 1. The lowest BCUT2D eigenvalue weighted by molar-refractivity contribution is 0.141. The number of hydrogen-bond acceptors (Lipinski definition) is 2. The molecule has 1 heterocycles. The van der Waals surface area contributed by atoms with E-state index in [9.17, 15) is 0 Å². The fourth-order valence-corrected chi connectivity index (χ4v) is 3.45. The molecule has 0 bridgehead atoms. The number of rotatable bonds is 11. The Bertz CT molecular complexity index is 203. The topological polar surface area (TPSA) is 6.48 Å². The van der Waals surface area contributed by atoms with Crippen molar-refractivity contribution in [2.45, 2.75) is 72.1 Å². The van der Waals surface area contributed by atoms with Crippen molar-refractivity contribution < 1.29 is 0 Å². The predicted molar refractivity (Wildman–Crippen MR) is 90.3 cm³/mol. The van der Waals surface area contributed by atoms with Gasteiger partial charge in [-0.05, 0) is 70.7 Å². The van der Waals surface area contributed by atoms with Gasteiger partial charge in [0.25, 0.3) is 0 Å². The number of hydrogen-bond donors (Lipinski definition) is 0. The summed E-state index contributed by atoms with van der Waals surface area (Å²) in [5, 5.41) is 0. The van der Waals surface area contributed by atoms with Crippen LogP contribution in [-0.2, 0) is 0 Å². The lowest BCUT2D eigenvalue weighted by Gasteiger charge is -2.34. The Labute approximate surface area is 127 Å². The van der Waals surface area contributed by atoms with Gasteiger partial charge in [0.2, 0.25) is 0 Å². The summed E-state index contributed by atoms with van der Waals surface area (Å²) in [4.78, 5) is 5.40. The van der Waals surface area contributed by atoms with Crippen molar-refractivity contribution in [1.82, 2.24) is 9.80 Å². The molecular formula is C18H38N2. The van der Waals surface area contributed by atoms with Gasteiger partial charge >= 0.3 is 0 Å². The minimum absolute atomic E-state index is 0.958. The van der Waals surface area contributed by atoms with Crippen molar-refractivity contribution >= 4 is 0 Å². The van der Waals surface area contributed by atoms with Crippen LogP contribution in [0.3, 0.4) is 0 Å². The summed E-state index contributed by atoms with van der Waals surface area (Å²) < 4.78 is 0. The highest BCUT2D eigenvalue weighted by Crippen LogP contribution is 2.19. The first-order chi connectivity index (χ1) is 9.80. The lowest BCUT2D eigenvalue weighted by atomic mass is 9.95. The third-order valence-electron chi connectivity index (χ3n) is 4.63. The molecule has 0 aromatic heterocycles. The second-order valence-electron chi connectivity index (χ2n) is 6.65. The second-order valence-corrected chi connectivity index (χ2v) is 6.65. The Balaban J connectivity index is 2.14. The van der Waals surface area contributed by atoms with Gasteiger partial charge in [-0.1, -0.05) is 40.0 Å². The molecule has 1 fully saturated rings. The van der Waals surface area contributed by atoms with Gasteiger partial charge in [-0.2, -0.15) is 0 Å². The molecule has 120 valence electrons. The first-order valence-corrected chi connectivity index (χ1v) is 9.24. The minimum Gasteiger partial charge on any atom is -0.303 e. The van der Waals surface area contributed by atoms with Gasteiger partial charge in [-0.25, -0.2) is 0 Å². The maximum absolute atomic E-state index is 2.70. The number of unbranched alkanes of at least 4 members (excludes halogenated alkanes) is 3. The zero-order chi connectivity index (χ0) is 14.6. The highest BCUT2D eigenvalue weighted by molar-refractivity contribution is 4.75. The molecule has 1 saturated heterocycles. The van der Waals surface area contributed by atoms with Crippen LogP contribution in [0.4, 0.5) is 0 Å². The van der Waals surface area contributed by atoms with E-state index in [1.165, 1.54) is 90.6 Å². The summed E-state index contributed by atoms with van der Waals surface area (Å²) in [6.45, 7) is 14.9. The number of piperidine rings is 1. The van der Waals surface area contributed by atoms with Crippen LogP contribution >= 0.6 is 0 Å². The first kappa shape index (κ1) is 18.0. The molecule has 1 rings (SSSR count). The summed E-state index contributed by atoms with van der Waals surface area (Å²) in [5.74, 6) is 0.958. The molecule has 0 radical (unpaired) electrons. The van der Waals surface area contributed by atoms with Crippen molar-refractivity contribution in [2.24, 2.45) is 5.92 Å². The van der Waals surface area contributed by atoms with E-state index in [2.05, 4.69) is 30.6 Å². The summed E-state index contributed by atoms with van der Waals surface area (Å²) in [6.07, 6.45) is 11.1. The van der Waals surface area contributed by atoms with Crippen LogP contribution in [0.15, 0.2) is 0 Å². The standard InChI is InChI=1S/C18H38N2/c1-4-7-8-9-14-19-15-10-18(11-16-19)17-20(12-5-2)13-6-3/h18H,4-17H2,1-3H3. The van der Waals surface area contributed by atoms with E-state index in [1.807, 2.05) is 0 Å². The van der Waals surface area contributed by atoms with Gasteiger partial charge in [-0.3, -0.25) is 0 Å². The van der Waals surface area contributed by atoms with Crippen molar-refractivity contribution in [1.29, 1.82) is 0 Å². The monoisotopic (exact) mass is 282 g/mol. The maximum Gasteiger partial charge on any atom is 0.00106 e. The van der Waals surface area contributed by atoms with Crippen LogP contribution in [0.25, 0.3) is 0 Å². The summed E-state index contributed by atoms with van der Waals surface area (Å²) >= 11 is 0. The molecule has 2 heteroatoms. The summed E-state index contributed by atoms with van der Waals surface area (Å²) in [6, 6.07) is 0. The molecule has 0 spiro atoms. The molecule has 0 aromatic rings. The van der Waals surface area contributed by atoms with Crippen LogP contribution in [0, 0.1) is 5.92 Å². The third kappa shape index (κ3) is 7.64. The van der Waals surface area contributed by atoms with E-state index >= 15 is 0 Å². The largest absolute Gasteiger partial charge is 0.303 e. The zero-order valence-electron chi connectivity index (χ0n) is 14.4. The van der Waals surface area contributed by atoms with Gasteiger partial charge in [0.05, 0.1) is 0 Å². The zero-order valence-corrected chi connectivity index (χ0v) is 14.4. The average Bonchev–Trinajstić information content (AvgIpc) is 2.46. The molecule has 2 nitrogen and oxygen atoms in total. The summed E-state index contributed by atoms with van der Waals surface area (Å²) in [5.41, 5.74) is 0. The van der Waals surface area contributed by atoms with E-state index in [0.717, 1.165) is 5.92 Å². The van der Waals surface area contributed by atoms with Gasteiger partial charge in [0, 0.05) is 6.54 Å². The fourth-order valence-electron chi connectivity index (χ4n) is 3.45. The lowest BCUT2D eigenvalue weighted by Crippen LogP contribution is -2.39. The Morgan fingerprint density at radius 1 is 0.850 bits per heavy atom. The van der Waals surface area contributed by atoms with Crippen molar-refractivity contribution in [3.63, 3.8) is 0 Å². The van der Waals surface area contributed by atoms with Crippen LogP contribution in [-0.4, -0.2) is 49.1 Å². The number of nitrogens with zero attached hydrogens (tertiary/aromatic N) is 2. The second kappa shape index (κ2) is 11.6. The molecule has 0 N–H and O–H groups in total. The molecule has 0 saturated carbocycles. The smallest absolute Gasteiger partial charge is 0.00106 e. The Hall–Kier alpha value is -0.0800. The van der Waals surface area contributed by atoms with E-state index in [4.69, 9.17) is 0 Å². The highest BCUT2D eigenvalue weighted by atomic mass is 15.1. The molecule has 0 amide bonds. The SMILES string of the molecule is CCCCCCN1CCC(CN(CCC)CCC)CC1. The van der Waals surface area contributed by atoms with E-state index in [1.54, 1.807) is 0 Å². The Morgan fingerprint density at radius 3 is 2.05 bits per heavy atom. The molecule has 20 heavy (non-hydrogen) atoms. The highest BCUT2D eigenvalue weighted by Gasteiger charge is 2.20. The first-order valence-electron chi connectivity index (χ1n) is 9.24. The fraction of sp³-hybridized carbons (Fsp3) is 1.00. The molecule has 0 unspecified atom stereocenters. The van der Waals surface area contributed by atoms with E-state index < -0.39 is 0 Å². The molecule has 0 atom stereocenters. The van der Waals surface area contributed by atoms with Crippen LogP contribution in [0.5, 0.6) is 0 Å². The van der Waals surface area contributed by atoms with Crippen LogP contribution in [0.1, 0.15) is 72.1 Å². The van der Waals surface area contributed by atoms with Crippen molar-refractivity contribution in [3.05, 3.63) is 0 Å². The van der Waals surface area contributed by atoms with Crippen molar-refractivity contribution in [3.8, 4) is 0 Å². The summed E-state index contributed by atoms with van der Waals surface area (Å²) in [7, 11) is 0. The molecule has 1 aliphatic rings. The minimum atomic E-state index is 0.958. The van der Waals surface area contributed by atoms with E-state index in [-0.39, 0.29) is 0 Å². The Kier molecular flexibility index (Phi) is 10.4. The maximum atomic E-state index is 2.70.